The van der Waals surface area contributed by atoms with E-state index in [2.05, 4.69) is 14.9 Å². The number of rotatable bonds is 5. The summed E-state index contributed by atoms with van der Waals surface area (Å²) in [5, 5.41) is 20.3. The molecule has 1 unspecified atom stereocenters. The van der Waals surface area contributed by atoms with E-state index in [9.17, 15) is 19.1 Å². The van der Waals surface area contributed by atoms with Crippen molar-refractivity contribution >= 4 is 54.7 Å². The Morgan fingerprint density at radius 1 is 1.32 bits per heavy atom. The van der Waals surface area contributed by atoms with Gasteiger partial charge in [-0.2, -0.15) is 15.2 Å². The van der Waals surface area contributed by atoms with Crippen LogP contribution in [0.1, 0.15) is 31.2 Å². The third kappa shape index (κ3) is 4.34. The zero-order valence-corrected chi connectivity index (χ0v) is 25.2. The number of nitrogen functional groups attached to an aromatic ring is 1. The Labute approximate surface area is 259 Å². The Morgan fingerprint density at radius 3 is 2.91 bits per heavy atom. The van der Waals surface area contributed by atoms with E-state index < -0.39 is 29.4 Å². The van der Waals surface area contributed by atoms with E-state index >= 15 is 4.39 Å². The predicted octanol–water partition coefficient (Wildman–Crippen LogP) is 5.43. The first-order chi connectivity index (χ1) is 21.2. The molecule has 3 aliphatic rings. The van der Waals surface area contributed by atoms with Crippen molar-refractivity contribution in [2.24, 2.45) is 0 Å². The van der Waals surface area contributed by atoms with Gasteiger partial charge in [0.15, 0.2) is 11.6 Å². The van der Waals surface area contributed by atoms with Gasteiger partial charge in [-0.25, -0.2) is 13.2 Å². The van der Waals surface area contributed by atoms with Gasteiger partial charge in [0.2, 0.25) is 0 Å². The Hall–Kier alpha value is -3.57. The quantitative estimate of drug-likeness (QED) is 0.293. The molecular formula is C30H28ClF3N6O3S. The maximum Gasteiger partial charge on any atom is 0.319 e. The maximum atomic E-state index is 16.9. The van der Waals surface area contributed by atoms with Crippen LogP contribution >= 0.6 is 22.9 Å². The standard InChI is InChI=1S/C30H28ClF3N6O3S/c1-39-15(12-41)5-8-42-25-21-24(37-29(38-28(21)39)43-13-30-6-2-7-40(30)11-14(32)9-30)23(34)20(22(25)31)16-3-4-18(33)26-19(16)17(10-35)27(36)44-26/h3-4,14-15,41H,2,5-9,11-13,36H2,1H3/t14-,15?,30+/m1/s1. The van der Waals surface area contributed by atoms with E-state index in [1.54, 1.807) is 11.9 Å². The Balaban J connectivity index is 1.46. The molecule has 7 rings (SSSR count). The number of aliphatic hydroxyl groups is 1. The van der Waals surface area contributed by atoms with Crippen LogP contribution in [0.3, 0.4) is 0 Å². The number of fused-ring (bicyclic) bond motifs is 2. The fraction of sp³-hybridized carbons (Fsp3) is 0.433. The second-order valence-electron chi connectivity index (χ2n) is 11.6. The molecule has 9 nitrogen and oxygen atoms in total. The first-order valence-electron chi connectivity index (χ1n) is 14.3. The molecular weight excluding hydrogens is 617 g/mol. The Kier molecular flexibility index (Phi) is 7.16. The molecule has 230 valence electrons. The SMILES string of the molecule is CN1c2nc(OC[C@@]34CCCN3C[C@H](F)C4)nc3c(F)c(-c4ccc(F)c5sc(N)c(C#N)c45)c(Cl)c(c23)OCCC1CO. The smallest absolute Gasteiger partial charge is 0.319 e. The fourth-order valence-electron chi connectivity index (χ4n) is 6.96. The van der Waals surface area contributed by atoms with Gasteiger partial charge in [-0.05, 0) is 31.0 Å². The van der Waals surface area contributed by atoms with Gasteiger partial charge in [-0.3, -0.25) is 4.90 Å². The molecule has 2 saturated heterocycles. The lowest BCUT2D eigenvalue weighted by atomic mass is 9.95. The molecule has 0 spiro atoms. The highest BCUT2D eigenvalue weighted by atomic mass is 35.5. The number of aromatic nitrogens is 2. The minimum Gasteiger partial charge on any atom is -0.491 e. The van der Waals surface area contributed by atoms with Gasteiger partial charge in [0.05, 0.1) is 45.5 Å². The highest BCUT2D eigenvalue weighted by Crippen LogP contribution is 2.51. The molecule has 0 aliphatic carbocycles. The number of nitrogens with zero attached hydrogens (tertiary/aromatic N) is 5. The summed E-state index contributed by atoms with van der Waals surface area (Å²) < 4.78 is 58.5. The molecule has 5 heterocycles. The number of alkyl halides is 1. The third-order valence-corrected chi connectivity index (χ3v) is 10.6. The summed E-state index contributed by atoms with van der Waals surface area (Å²) in [5.74, 6) is -1.11. The van der Waals surface area contributed by atoms with Crippen molar-refractivity contribution in [1.82, 2.24) is 14.9 Å². The van der Waals surface area contributed by atoms with Crippen LogP contribution in [-0.4, -0.2) is 77.7 Å². The van der Waals surface area contributed by atoms with Crippen molar-refractivity contribution in [2.45, 2.75) is 43.4 Å². The highest BCUT2D eigenvalue weighted by molar-refractivity contribution is 7.23. The first-order valence-corrected chi connectivity index (χ1v) is 15.5. The monoisotopic (exact) mass is 644 g/mol. The van der Waals surface area contributed by atoms with Gasteiger partial charge in [-0.1, -0.05) is 17.7 Å². The van der Waals surface area contributed by atoms with Gasteiger partial charge in [0.25, 0.3) is 0 Å². The normalized spacial score (nSPS) is 23.4. The maximum absolute atomic E-state index is 16.9. The number of hydrogen-bond donors (Lipinski definition) is 2. The van der Waals surface area contributed by atoms with Crippen LogP contribution in [0, 0.1) is 23.0 Å². The predicted molar refractivity (Wildman–Crippen MR) is 162 cm³/mol. The van der Waals surface area contributed by atoms with E-state index in [4.69, 9.17) is 26.8 Å². The lowest BCUT2D eigenvalue weighted by Gasteiger charge is -2.33. The molecule has 3 N–H and O–H groups in total. The molecule has 0 bridgehead atoms. The van der Waals surface area contributed by atoms with E-state index in [1.807, 2.05) is 6.07 Å². The molecule has 0 radical (unpaired) electrons. The zero-order valence-electron chi connectivity index (χ0n) is 23.7. The number of halogens is 4. The number of benzene rings is 2. The molecule has 3 aliphatic heterocycles. The summed E-state index contributed by atoms with van der Waals surface area (Å²) in [6.07, 6.45) is 1.45. The molecule has 0 saturated carbocycles. The Bertz CT molecular complexity index is 1870. The van der Waals surface area contributed by atoms with Crippen molar-refractivity contribution in [3.8, 4) is 29.0 Å². The first kappa shape index (κ1) is 29.2. The summed E-state index contributed by atoms with van der Waals surface area (Å²) >= 11 is 7.81. The lowest BCUT2D eigenvalue weighted by molar-refractivity contribution is 0.107. The van der Waals surface area contributed by atoms with E-state index in [0.29, 0.717) is 19.4 Å². The van der Waals surface area contributed by atoms with Crippen LogP contribution in [0.15, 0.2) is 12.1 Å². The third-order valence-electron chi connectivity index (χ3n) is 9.16. The molecule has 4 aromatic rings. The average Bonchev–Trinajstić information content (AvgIpc) is 3.64. The summed E-state index contributed by atoms with van der Waals surface area (Å²) in [6, 6.07) is 3.99. The molecule has 14 heteroatoms. The molecule has 3 atom stereocenters. The number of nitriles is 1. The molecule has 2 fully saturated rings. The van der Waals surface area contributed by atoms with Gasteiger partial charge in [-0.15, -0.1) is 11.3 Å². The molecule has 0 amide bonds. The van der Waals surface area contributed by atoms with Crippen LogP contribution in [0.4, 0.5) is 24.0 Å². The van der Waals surface area contributed by atoms with E-state index in [-0.39, 0.29) is 85.1 Å². The molecule has 44 heavy (non-hydrogen) atoms. The van der Waals surface area contributed by atoms with Crippen LogP contribution in [0.25, 0.3) is 32.1 Å². The van der Waals surface area contributed by atoms with Crippen LogP contribution in [0.2, 0.25) is 5.02 Å². The molecule has 2 aromatic heterocycles. The largest absolute Gasteiger partial charge is 0.491 e. The summed E-state index contributed by atoms with van der Waals surface area (Å²) in [5.41, 5.74) is 5.42. The second kappa shape index (κ2) is 10.8. The van der Waals surface area contributed by atoms with Gasteiger partial charge >= 0.3 is 6.01 Å². The number of likely N-dealkylation sites (N-methyl/N-ethyl adjacent to an activating group) is 1. The number of thiophene rings is 1. The number of aliphatic hydroxyl groups excluding tert-OH is 1. The fourth-order valence-corrected chi connectivity index (χ4v) is 8.24. The van der Waals surface area contributed by atoms with Gasteiger partial charge in [0, 0.05) is 37.4 Å². The van der Waals surface area contributed by atoms with Gasteiger partial charge in [0.1, 0.15) is 41.0 Å². The van der Waals surface area contributed by atoms with Crippen molar-refractivity contribution in [1.29, 1.82) is 5.26 Å². The zero-order chi connectivity index (χ0) is 30.9. The van der Waals surface area contributed by atoms with Crippen LogP contribution in [-0.2, 0) is 0 Å². The van der Waals surface area contributed by atoms with Crippen molar-refractivity contribution in [2.75, 3.05) is 50.6 Å². The molecule has 2 aromatic carbocycles. The van der Waals surface area contributed by atoms with Crippen molar-refractivity contribution in [3.63, 3.8) is 0 Å². The average molecular weight is 645 g/mol. The highest BCUT2D eigenvalue weighted by Gasteiger charge is 2.49. The van der Waals surface area contributed by atoms with Gasteiger partial charge < -0.3 is 25.2 Å². The summed E-state index contributed by atoms with van der Waals surface area (Å²) in [7, 11) is 1.72. The van der Waals surface area contributed by atoms with Crippen LogP contribution < -0.4 is 20.1 Å². The Morgan fingerprint density at radius 2 is 2.14 bits per heavy atom. The minimum absolute atomic E-state index is 0.0136. The minimum atomic E-state index is -0.958. The number of nitrogens with two attached hydrogens (primary N) is 1. The van der Waals surface area contributed by atoms with Crippen molar-refractivity contribution in [3.05, 3.63) is 34.4 Å². The summed E-state index contributed by atoms with van der Waals surface area (Å²) in [6.45, 7) is 1.16. The van der Waals surface area contributed by atoms with E-state index in [0.717, 1.165) is 30.7 Å². The number of anilines is 2. The lowest BCUT2D eigenvalue weighted by Crippen LogP contribution is -2.43. The summed E-state index contributed by atoms with van der Waals surface area (Å²) in [4.78, 5) is 12.9. The number of ether oxygens (including phenoxy) is 2. The van der Waals surface area contributed by atoms with Crippen LogP contribution in [0.5, 0.6) is 11.8 Å². The number of hydrogen-bond acceptors (Lipinski definition) is 10. The topological polar surface area (TPSA) is 121 Å². The van der Waals surface area contributed by atoms with E-state index in [1.165, 1.54) is 12.1 Å². The van der Waals surface area contributed by atoms with Crippen molar-refractivity contribution < 1.29 is 27.8 Å². The second-order valence-corrected chi connectivity index (χ2v) is 13.0.